The van der Waals surface area contributed by atoms with Crippen LogP contribution < -0.4 is 0 Å². The van der Waals surface area contributed by atoms with Gasteiger partial charge in [-0.05, 0) is 6.92 Å². The molecule has 0 atom stereocenters. The molecule has 0 amide bonds. The van der Waals surface area contributed by atoms with Crippen LogP contribution in [-0.2, 0) is 0 Å². The fourth-order valence-corrected chi connectivity index (χ4v) is 1.78. The zero-order valence-corrected chi connectivity index (χ0v) is 8.96. The second kappa shape index (κ2) is 3.45. The molecule has 2 heterocycles. The average Bonchev–Trinajstić information content (AvgIpc) is 2.69. The molecule has 3 rings (SSSR count). The van der Waals surface area contributed by atoms with Crippen LogP contribution in [-0.4, -0.2) is 14.4 Å². The molecule has 0 unspecified atom stereocenters. The van der Waals surface area contributed by atoms with E-state index in [0.717, 1.165) is 22.6 Å². The van der Waals surface area contributed by atoms with Crippen LogP contribution in [0, 0.1) is 6.92 Å². The van der Waals surface area contributed by atoms with E-state index in [0.29, 0.717) is 0 Å². The summed E-state index contributed by atoms with van der Waals surface area (Å²) >= 11 is 0. The van der Waals surface area contributed by atoms with Crippen molar-refractivity contribution in [2.75, 3.05) is 0 Å². The minimum Gasteiger partial charge on any atom is -0.303 e. The van der Waals surface area contributed by atoms with Crippen molar-refractivity contribution in [3.63, 3.8) is 0 Å². The third-order valence-electron chi connectivity index (χ3n) is 2.53. The summed E-state index contributed by atoms with van der Waals surface area (Å²) < 4.78 is 2.00. The van der Waals surface area contributed by atoms with E-state index in [1.807, 2.05) is 41.9 Å². The molecule has 0 spiro atoms. The molecule has 3 nitrogen and oxygen atoms in total. The van der Waals surface area contributed by atoms with E-state index in [-0.39, 0.29) is 0 Å². The maximum absolute atomic E-state index is 4.41. The molecule has 0 saturated carbocycles. The van der Waals surface area contributed by atoms with Crippen molar-refractivity contribution in [1.82, 2.24) is 14.4 Å². The van der Waals surface area contributed by atoms with Crippen molar-refractivity contribution in [3.8, 4) is 11.3 Å². The van der Waals surface area contributed by atoms with Gasteiger partial charge in [0.15, 0.2) is 5.65 Å². The van der Waals surface area contributed by atoms with Crippen molar-refractivity contribution < 1.29 is 0 Å². The first-order valence-corrected chi connectivity index (χ1v) is 5.20. The summed E-state index contributed by atoms with van der Waals surface area (Å²) in [6, 6.07) is 10.1. The van der Waals surface area contributed by atoms with Crippen LogP contribution in [0.5, 0.6) is 0 Å². The van der Waals surface area contributed by atoms with Crippen LogP contribution in [0.15, 0.2) is 48.9 Å². The number of fused-ring (bicyclic) bond motifs is 1. The number of aryl methyl sites for hydroxylation is 1. The normalized spacial score (nSPS) is 10.8. The quantitative estimate of drug-likeness (QED) is 0.616. The molecule has 78 valence electrons. The summed E-state index contributed by atoms with van der Waals surface area (Å²) in [5.41, 5.74) is 3.98. The lowest BCUT2D eigenvalue weighted by molar-refractivity contribution is 1.13. The summed E-state index contributed by atoms with van der Waals surface area (Å²) in [5, 5.41) is 0. The monoisotopic (exact) mass is 209 g/mol. The zero-order valence-electron chi connectivity index (χ0n) is 8.96. The number of nitrogens with zero attached hydrogens (tertiary/aromatic N) is 3. The molecule has 0 saturated heterocycles. The van der Waals surface area contributed by atoms with Crippen LogP contribution in [0.1, 0.15) is 5.69 Å². The van der Waals surface area contributed by atoms with Crippen LogP contribution in [0.25, 0.3) is 16.9 Å². The molecule has 0 fully saturated rings. The molecule has 0 aliphatic carbocycles. The Morgan fingerprint density at radius 3 is 2.69 bits per heavy atom. The zero-order chi connectivity index (χ0) is 11.0. The van der Waals surface area contributed by atoms with Crippen molar-refractivity contribution in [3.05, 3.63) is 54.6 Å². The molecule has 3 aromatic rings. The largest absolute Gasteiger partial charge is 0.303 e. The Hall–Kier alpha value is -2.16. The van der Waals surface area contributed by atoms with Crippen LogP contribution in [0.3, 0.4) is 0 Å². The van der Waals surface area contributed by atoms with E-state index in [9.17, 15) is 0 Å². The van der Waals surface area contributed by atoms with Crippen molar-refractivity contribution in [2.45, 2.75) is 6.92 Å². The Bertz CT molecular complexity index is 626. The highest BCUT2D eigenvalue weighted by Crippen LogP contribution is 2.16. The molecule has 16 heavy (non-hydrogen) atoms. The van der Waals surface area contributed by atoms with Gasteiger partial charge in [0.2, 0.25) is 0 Å². The molecule has 0 aliphatic rings. The minimum absolute atomic E-state index is 0.886. The predicted octanol–water partition coefficient (Wildman–Crippen LogP) is 2.70. The van der Waals surface area contributed by atoms with Gasteiger partial charge in [-0.3, -0.25) is 4.98 Å². The average molecular weight is 209 g/mol. The highest BCUT2D eigenvalue weighted by Gasteiger charge is 2.01. The van der Waals surface area contributed by atoms with Crippen molar-refractivity contribution >= 4 is 5.65 Å². The van der Waals surface area contributed by atoms with Gasteiger partial charge in [-0.2, -0.15) is 0 Å². The molecular formula is C13H11N3. The maximum Gasteiger partial charge on any atom is 0.155 e. The van der Waals surface area contributed by atoms with Gasteiger partial charge in [0.1, 0.15) is 0 Å². The van der Waals surface area contributed by atoms with Gasteiger partial charge in [-0.1, -0.05) is 30.3 Å². The first-order chi connectivity index (χ1) is 7.83. The van der Waals surface area contributed by atoms with E-state index in [1.54, 1.807) is 6.20 Å². The highest BCUT2D eigenvalue weighted by molar-refractivity contribution is 5.59. The van der Waals surface area contributed by atoms with Gasteiger partial charge in [0.05, 0.1) is 17.6 Å². The summed E-state index contributed by atoms with van der Waals surface area (Å²) in [6.07, 6.45) is 5.81. The number of benzene rings is 1. The van der Waals surface area contributed by atoms with Gasteiger partial charge < -0.3 is 4.40 Å². The number of rotatable bonds is 1. The van der Waals surface area contributed by atoms with E-state index >= 15 is 0 Å². The molecule has 0 bridgehead atoms. The molecule has 2 aromatic heterocycles. The lowest BCUT2D eigenvalue weighted by Gasteiger charge is -2.00. The number of hydrogen-bond acceptors (Lipinski definition) is 2. The van der Waals surface area contributed by atoms with Crippen molar-refractivity contribution in [2.24, 2.45) is 0 Å². The second-order valence-electron chi connectivity index (χ2n) is 3.79. The third-order valence-corrected chi connectivity index (χ3v) is 2.53. The predicted molar refractivity (Wildman–Crippen MR) is 63.2 cm³/mol. The molecule has 1 aromatic carbocycles. The Morgan fingerprint density at radius 1 is 1.06 bits per heavy atom. The Balaban J connectivity index is 2.18. The Labute approximate surface area is 93.4 Å². The topological polar surface area (TPSA) is 30.2 Å². The lowest BCUT2D eigenvalue weighted by atomic mass is 10.2. The fourth-order valence-electron chi connectivity index (χ4n) is 1.78. The van der Waals surface area contributed by atoms with Gasteiger partial charge >= 0.3 is 0 Å². The first kappa shape index (κ1) is 9.09. The van der Waals surface area contributed by atoms with E-state index in [2.05, 4.69) is 22.1 Å². The molecule has 0 radical (unpaired) electrons. The molecule has 0 aliphatic heterocycles. The van der Waals surface area contributed by atoms with Crippen LogP contribution >= 0.6 is 0 Å². The van der Waals surface area contributed by atoms with Crippen LogP contribution in [0.2, 0.25) is 0 Å². The third kappa shape index (κ3) is 1.46. The summed E-state index contributed by atoms with van der Waals surface area (Å²) in [4.78, 5) is 8.76. The fraction of sp³-hybridized carbons (Fsp3) is 0.0769. The Kier molecular flexibility index (Phi) is 1.96. The number of imidazole rings is 1. The number of hydrogen-bond donors (Lipinski definition) is 0. The van der Waals surface area contributed by atoms with Crippen molar-refractivity contribution in [1.29, 1.82) is 0 Å². The Morgan fingerprint density at radius 2 is 1.88 bits per heavy atom. The van der Waals surface area contributed by atoms with E-state index in [4.69, 9.17) is 0 Å². The standard InChI is InChI=1S/C13H11N3/c1-10-8-16-9-12(14-7-13(16)15-10)11-5-3-2-4-6-11/h2-9H,1H3. The second-order valence-corrected chi connectivity index (χ2v) is 3.79. The SMILES string of the molecule is Cc1cn2cc(-c3ccccc3)ncc2n1. The van der Waals surface area contributed by atoms with E-state index < -0.39 is 0 Å². The minimum atomic E-state index is 0.886. The van der Waals surface area contributed by atoms with Gasteiger partial charge in [0, 0.05) is 18.0 Å². The highest BCUT2D eigenvalue weighted by atomic mass is 15.0. The summed E-state index contributed by atoms with van der Waals surface area (Å²) in [7, 11) is 0. The lowest BCUT2D eigenvalue weighted by Crippen LogP contribution is -1.89. The first-order valence-electron chi connectivity index (χ1n) is 5.20. The summed E-state index contributed by atoms with van der Waals surface area (Å²) in [5.74, 6) is 0. The summed E-state index contributed by atoms with van der Waals surface area (Å²) in [6.45, 7) is 1.98. The van der Waals surface area contributed by atoms with Crippen LogP contribution in [0.4, 0.5) is 0 Å². The van der Waals surface area contributed by atoms with E-state index in [1.165, 1.54) is 0 Å². The smallest absolute Gasteiger partial charge is 0.155 e. The molecule has 3 heteroatoms. The van der Waals surface area contributed by atoms with Gasteiger partial charge in [-0.25, -0.2) is 4.98 Å². The molecule has 0 N–H and O–H groups in total. The molecular weight excluding hydrogens is 198 g/mol. The van der Waals surface area contributed by atoms with Gasteiger partial charge in [0.25, 0.3) is 0 Å². The number of aromatic nitrogens is 3. The van der Waals surface area contributed by atoms with Gasteiger partial charge in [-0.15, -0.1) is 0 Å². The maximum atomic E-state index is 4.41.